The largest absolute Gasteiger partial charge is 0.326 e. The molecule has 0 unspecified atom stereocenters. The van der Waals surface area contributed by atoms with Gasteiger partial charge in [0.1, 0.15) is 0 Å². The molecule has 3 aromatic rings. The van der Waals surface area contributed by atoms with Gasteiger partial charge < -0.3 is 5.32 Å². The van der Waals surface area contributed by atoms with Gasteiger partial charge in [0.2, 0.25) is 5.91 Å². The van der Waals surface area contributed by atoms with Crippen LogP contribution in [0.15, 0.2) is 54.6 Å². The molecule has 0 aliphatic rings. The Morgan fingerprint density at radius 1 is 0.889 bits per heavy atom. The van der Waals surface area contributed by atoms with E-state index >= 15 is 0 Å². The number of anilines is 1. The molecule has 0 aromatic heterocycles. The summed E-state index contributed by atoms with van der Waals surface area (Å²) in [5, 5.41) is 7.63. The first-order valence-electron chi connectivity index (χ1n) is 5.93. The van der Waals surface area contributed by atoms with Crippen molar-refractivity contribution in [3.63, 3.8) is 0 Å². The van der Waals surface area contributed by atoms with Gasteiger partial charge in [-0.25, -0.2) is 0 Å². The van der Waals surface area contributed by atoms with Crippen molar-refractivity contribution in [2.24, 2.45) is 0 Å². The average molecular weight is 235 g/mol. The Kier molecular flexibility index (Phi) is 2.49. The van der Waals surface area contributed by atoms with E-state index in [2.05, 4.69) is 35.6 Å². The molecule has 0 atom stereocenters. The molecule has 0 aliphatic heterocycles. The third kappa shape index (κ3) is 1.82. The molecule has 0 radical (unpaired) electrons. The molecule has 0 saturated carbocycles. The molecular formula is C16H13NO. The molecule has 0 spiro atoms. The van der Waals surface area contributed by atoms with Crippen molar-refractivity contribution in [2.45, 2.75) is 6.92 Å². The van der Waals surface area contributed by atoms with Gasteiger partial charge in [0.15, 0.2) is 0 Å². The number of nitrogens with one attached hydrogen (secondary N) is 1. The SMILES string of the molecule is CC(=O)Nc1ccc2c(ccc3ccccc32)c1. The van der Waals surface area contributed by atoms with E-state index in [1.54, 1.807) is 0 Å². The van der Waals surface area contributed by atoms with E-state index in [4.69, 9.17) is 0 Å². The van der Waals surface area contributed by atoms with Gasteiger partial charge in [-0.3, -0.25) is 4.79 Å². The summed E-state index contributed by atoms with van der Waals surface area (Å²) < 4.78 is 0. The van der Waals surface area contributed by atoms with Crippen LogP contribution in [0.5, 0.6) is 0 Å². The van der Waals surface area contributed by atoms with Crippen LogP contribution in [0.2, 0.25) is 0 Å². The van der Waals surface area contributed by atoms with Crippen molar-refractivity contribution < 1.29 is 4.79 Å². The number of benzene rings is 3. The first-order valence-corrected chi connectivity index (χ1v) is 5.93. The first kappa shape index (κ1) is 10.8. The van der Waals surface area contributed by atoms with E-state index in [-0.39, 0.29) is 5.91 Å². The molecular weight excluding hydrogens is 222 g/mol. The van der Waals surface area contributed by atoms with Gasteiger partial charge in [-0.05, 0) is 33.7 Å². The fourth-order valence-corrected chi connectivity index (χ4v) is 2.29. The van der Waals surface area contributed by atoms with E-state index in [0.29, 0.717) is 0 Å². The third-order valence-corrected chi connectivity index (χ3v) is 3.07. The van der Waals surface area contributed by atoms with E-state index < -0.39 is 0 Å². The Morgan fingerprint density at radius 3 is 2.44 bits per heavy atom. The van der Waals surface area contributed by atoms with Crippen LogP contribution in [0.4, 0.5) is 5.69 Å². The second-order valence-corrected chi connectivity index (χ2v) is 4.40. The van der Waals surface area contributed by atoms with Crippen LogP contribution in [0.3, 0.4) is 0 Å². The van der Waals surface area contributed by atoms with E-state index in [1.165, 1.54) is 23.1 Å². The van der Waals surface area contributed by atoms with Crippen LogP contribution >= 0.6 is 0 Å². The summed E-state index contributed by atoms with van der Waals surface area (Å²) >= 11 is 0. The van der Waals surface area contributed by atoms with Gasteiger partial charge in [0.05, 0.1) is 0 Å². The Hall–Kier alpha value is -2.35. The zero-order chi connectivity index (χ0) is 12.5. The van der Waals surface area contributed by atoms with Crippen molar-refractivity contribution in [2.75, 3.05) is 5.32 Å². The highest BCUT2D eigenvalue weighted by atomic mass is 16.1. The second-order valence-electron chi connectivity index (χ2n) is 4.40. The summed E-state index contributed by atoms with van der Waals surface area (Å²) in [4.78, 5) is 11.1. The highest BCUT2D eigenvalue weighted by molar-refractivity contribution is 6.08. The summed E-state index contributed by atoms with van der Waals surface area (Å²) in [6.45, 7) is 1.52. The molecule has 2 nitrogen and oxygen atoms in total. The summed E-state index contributed by atoms with van der Waals surface area (Å²) in [6, 6.07) is 18.5. The topological polar surface area (TPSA) is 29.1 Å². The van der Waals surface area contributed by atoms with E-state index in [0.717, 1.165) is 11.1 Å². The summed E-state index contributed by atoms with van der Waals surface area (Å²) in [5.74, 6) is -0.0462. The first-order chi connectivity index (χ1) is 8.74. The van der Waals surface area contributed by atoms with E-state index in [1.807, 2.05) is 24.3 Å². The highest BCUT2D eigenvalue weighted by Gasteiger charge is 2.01. The van der Waals surface area contributed by atoms with E-state index in [9.17, 15) is 4.79 Å². The Balaban J connectivity index is 2.24. The number of carbonyl (C=O) groups is 1. The molecule has 2 heteroatoms. The van der Waals surface area contributed by atoms with Crippen LogP contribution < -0.4 is 5.32 Å². The molecule has 0 fully saturated rings. The maximum absolute atomic E-state index is 11.1. The number of hydrogen-bond donors (Lipinski definition) is 1. The molecule has 3 rings (SSSR count). The second kappa shape index (κ2) is 4.15. The molecule has 1 amide bonds. The Labute approximate surface area is 105 Å². The monoisotopic (exact) mass is 235 g/mol. The Bertz CT molecular complexity index is 746. The lowest BCUT2D eigenvalue weighted by Crippen LogP contribution is -2.05. The summed E-state index contributed by atoms with van der Waals surface area (Å²) in [5.41, 5.74) is 0.838. The maximum Gasteiger partial charge on any atom is 0.221 e. The predicted octanol–water partition coefficient (Wildman–Crippen LogP) is 3.95. The molecule has 1 N–H and O–H groups in total. The Morgan fingerprint density at radius 2 is 1.61 bits per heavy atom. The zero-order valence-electron chi connectivity index (χ0n) is 10.1. The molecule has 3 aromatic carbocycles. The fraction of sp³-hybridized carbons (Fsp3) is 0.0625. The van der Waals surface area contributed by atoms with Crippen molar-refractivity contribution in [1.82, 2.24) is 0 Å². The number of fused-ring (bicyclic) bond motifs is 3. The van der Waals surface area contributed by atoms with Crippen molar-refractivity contribution in [1.29, 1.82) is 0 Å². The van der Waals surface area contributed by atoms with Gasteiger partial charge in [0, 0.05) is 12.6 Å². The lowest BCUT2D eigenvalue weighted by Gasteiger charge is -2.07. The normalized spacial score (nSPS) is 10.7. The van der Waals surface area contributed by atoms with Crippen LogP contribution in [0, 0.1) is 0 Å². The van der Waals surface area contributed by atoms with Gasteiger partial charge in [0.25, 0.3) is 0 Å². The highest BCUT2D eigenvalue weighted by Crippen LogP contribution is 2.27. The van der Waals surface area contributed by atoms with Gasteiger partial charge >= 0.3 is 0 Å². The third-order valence-electron chi connectivity index (χ3n) is 3.07. The number of rotatable bonds is 1. The van der Waals surface area contributed by atoms with Gasteiger partial charge in [-0.1, -0.05) is 42.5 Å². The average Bonchev–Trinajstić information content (AvgIpc) is 2.37. The number of amides is 1. The summed E-state index contributed by atoms with van der Waals surface area (Å²) in [6.07, 6.45) is 0. The van der Waals surface area contributed by atoms with Crippen LogP contribution in [-0.4, -0.2) is 5.91 Å². The molecule has 88 valence electrons. The molecule has 0 heterocycles. The summed E-state index contributed by atoms with van der Waals surface area (Å²) in [7, 11) is 0. The van der Waals surface area contributed by atoms with Crippen molar-refractivity contribution in [3.05, 3.63) is 54.6 Å². The maximum atomic E-state index is 11.1. The smallest absolute Gasteiger partial charge is 0.221 e. The fourth-order valence-electron chi connectivity index (χ4n) is 2.29. The minimum atomic E-state index is -0.0462. The van der Waals surface area contributed by atoms with Crippen LogP contribution in [0.1, 0.15) is 6.92 Å². The minimum Gasteiger partial charge on any atom is -0.326 e. The molecule has 18 heavy (non-hydrogen) atoms. The molecule has 0 aliphatic carbocycles. The quantitative estimate of drug-likeness (QED) is 0.636. The minimum absolute atomic E-state index is 0.0462. The van der Waals surface area contributed by atoms with Crippen molar-refractivity contribution in [3.8, 4) is 0 Å². The van der Waals surface area contributed by atoms with Crippen molar-refractivity contribution >= 4 is 33.1 Å². The standard InChI is InChI=1S/C16H13NO/c1-11(18)17-14-8-9-16-13(10-14)7-6-12-4-2-3-5-15(12)16/h2-10H,1H3,(H,17,18). The zero-order valence-corrected chi connectivity index (χ0v) is 10.1. The molecule has 0 bridgehead atoms. The predicted molar refractivity (Wildman–Crippen MR) is 75.8 cm³/mol. The lowest BCUT2D eigenvalue weighted by atomic mass is 10.0. The lowest BCUT2D eigenvalue weighted by molar-refractivity contribution is -0.114. The van der Waals surface area contributed by atoms with Gasteiger partial charge in [-0.2, -0.15) is 0 Å². The van der Waals surface area contributed by atoms with Crippen LogP contribution in [0.25, 0.3) is 21.5 Å². The number of carbonyl (C=O) groups excluding carboxylic acids is 1. The van der Waals surface area contributed by atoms with Gasteiger partial charge in [-0.15, -0.1) is 0 Å². The van der Waals surface area contributed by atoms with Crippen LogP contribution in [-0.2, 0) is 4.79 Å². The molecule has 0 saturated heterocycles. The number of hydrogen-bond acceptors (Lipinski definition) is 1.